The van der Waals surface area contributed by atoms with Crippen LogP contribution in [0.3, 0.4) is 0 Å². The molecule has 1 aliphatic rings. The molecule has 0 amide bonds. The lowest BCUT2D eigenvalue weighted by molar-refractivity contribution is 0.236. The van der Waals surface area contributed by atoms with Crippen molar-refractivity contribution in [2.24, 2.45) is 5.41 Å². The van der Waals surface area contributed by atoms with Crippen molar-refractivity contribution in [3.8, 4) is 0 Å². The second-order valence-electron chi connectivity index (χ2n) is 4.73. The van der Waals surface area contributed by atoms with Crippen LogP contribution >= 0.6 is 0 Å². The zero-order valence-corrected chi connectivity index (χ0v) is 8.43. The highest BCUT2D eigenvalue weighted by molar-refractivity contribution is 5.08. The first-order chi connectivity index (χ1) is 5.49. The van der Waals surface area contributed by atoms with Gasteiger partial charge in [0.15, 0.2) is 0 Å². The topological polar surface area (TPSA) is 20.2 Å². The number of hydrogen-bond acceptors (Lipinski definition) is 1. The van der Waals surface area contributed by atoms with E-state index < -0.39 is 0 Å². The molecule has 0 spiro atoms. The highest BCUT2D eigenvalue weighted by atomic mass is 16.3. The normalized spacial score (nSPS) is 25.2. The van der Waals surface area contributed by atoms with Crippen LogP contribution in [0.4, 0.5) is 0 Å². The van der Waals surface area contributed by atoms with E-state index in [0.29, 0.717) is 5.41 Å². The van der Waals surface area contributed by atoms with Crippen LogP contribution in [0.2, 0.25) is 0 Å². The Morgan fingerprint density at radius 1 is 1.33 bits per heavy atom. The molecular weight excluding hydrogens is 148 g/mol. The number of hydrogen-bond donors (Lipinski definition) is 1. The summed E-state index contributed by atoms with van der Waals surface area (Å²) in [5.74, 6) is 0. The molecule has 1 heteroatoms. The third-order valence-electron chi connectivity index (χ3n) is 2.72. The van der Waals surface area contributed by atoms with E-state index in [1.165, 1.54) is 31.3 Å². The maximum Gasteiger partial charge on any atom is 0.0695 e. The Balaban J connectivity index is 2.46. The Morgan fingerprint density at radius 2 is 1.83 bits per heavy atom. The molecule has 0 saturated heterocycles. The fourth-order valence-electron chi connectivity index (χ4n) is 1.76. The van der Waals surface area contributed by atoms with Gasteiger partial charge in [-0.2, -0.15) is 0 Å². The fraction of sp³-hybridized carbons (Fsp3) is 0.818. The molecule has 1 rings (SSSR count). The van der Waals surface area contributed by atoms with Crippen LogP contribution in [0.1, 0.15) is 46.5 Å². The van der Waals surface area contributed by atoms with E-state index in [9.17, 15) is 0 Å². The van der Waals surface area contributed by atoms with E-state index in [1.54, 1.807) is 0 Å². The van der Waals surface area contributed by atoms with Gasteiger partial charge in [0, 0.05) is 0 Å². The molecule has 0 heterocycles. The quantitative estimate of drug-likeness (QED) is 0.597. The molecule has 1 nitrogen and oxygen atoms in total. The summed E-state index contributed by atoms with van der Waals surface area (Å²) in [4.78, 5) is 0. The number of aliphatic hydroxyl groups excluding tert-OH is 1. The Labute approximate surface area is 75.5 Å². The van der Waals surface area contributed by atoms with E-state index in [-0.39, 0.29) is 6.10 Å². The zero-order chi connectivity index (χ0) is 9.19. The molecule has 0 aromatic carbocycles. The summed E-state index contributed by atoms with van der Waals surface area (Å²) in [5, 5.41) is 9.16. The van der Waals surface area contributed by atoms with Crippen LogP contribution in [0.5, 0.6) is 0 Å². The van der Waals surface area contributed by atoms with Gasteiger partial charge in [-0.25, -0.2) is 0 Å². The second kappa shape index (κ2) is 3.61. The van der Waals surface area contributed by atoms with E-state index in [0.717, 1.165) is 0 Å². The maximum absolute atomic E-state index is 9.16. The summed E-state index contributed by atoms with van der Waals surface area (Å²) in [6, 6.07) is 0. The van der Waals surface area contributed by atoms with Crippen LogP contribution in [0.15, 0.2) is 11.6 Å². The Kier molecular flexibility index (Phi) is 2.94. The van der Waals surface area contributed by atoms with Crippen molar-refractivity contribution in [2.75, 3.05) is 0 Å². The van der Waals surface area contributed by atoms with Crippen LogP contribution in [0, 0.1) is 5.41 Å². The SMILES string of the molecule is CC(O)C=C1CCC(C)(C)CC1. The number of aliphatic hydroxyl groups is 1. The van der Waals surface area contributed by atoms with E-state index in [2.05, 4.69) is 13.8 Å². The van der Waals surface area contributed by atoms with Crippen molar-refractivity contribution in [3.05, 3.63) is 11.6 Å². The predicted molar refractivity (Wildman–Crippen MR) is 52.0 cm³/mol. The number of rotatable bonds is 1. The molecule has 0 aromatic rings. The first-order valence-corrected chi connectivity index (χ1v) is 4.87. The van der Waals surface area contributed by atoms with Crippen molar-refractivity contribution in [3.63, 3.8) is 0 Å². The van der Waals surface area contributed by atoms with Crippen molar-refractivity contribution >= 4 is 0 Å². The average molecular weight is 168 g/mol. The van der Waals surface area contributed by atoms with Gasteiger partial charge >= 0.3 is 0 Å². The largest absolute Gasteiger partial charge is 0.389 e. The first-order valence-electron chi connectivity index (χ1n) is 4.87. The molecule has 12 heavy (non-hydrogen) atoms. The van der Waals surface area contributed by atoms with Gasteiger partial charge in [0.05, 0.1) is 6.10 Å². The van der Waals surface area contributed by atoms with Crippen LogP contribution in [0.25, 0.3) is 0 Å². The van der Waals surface area contributed by atoms with E-state index in [1.807, 2.05) is 13.0 Å². The Hall–Kier alpha value is -0.300. The van der Waals surface area contributed by atoms with Gasteiger partial charge in [0.25, 0.3) is 0 Å². The molecule has 1 atom stereocenters. The Morgan fingerprint density at radius 3 is 2.25 bits per heavy atom. The summed E-state index contributed by atoms with van der Waals surface area (Å²) < 4.78 is 0. The average Bonchev–Trinajstić information content (AvgIpc) is 1.93. The van der Waals surface area contributed by atoms with E-state index in [4.69, 9.17) is 5.11 Å². The fourth-order valence-corrected chi connectivity index (χ4v) is 1.76. The second-order valence-corrected chi connectivity index (χ2v) is 4.73. The zero-order valence-electron chi connectivity index (χ0n) is 8.43. The molecular formula is C11H20O. The van der Waals surface area contributed by atoms with Crippen LogP contribution < -0.4 is 0 Å². The van der Waals surface area contributed by atoms with Gasteiger partial charge in [-0.05, 0) is 38.0 Å². The minimum Gasteiger partial charge on any atom is -0.389 e. The summed E-state index contributed by atoms with van der Waals surface area (Å²) in [7, 11) is 0. The lowest BCUT2D eigenvalue weighted by Crippen LogP contribution is -2.17. The molecule has 0 aliphatic heterocycles. The predicted octanol–water partition coefficient (Wildman–Crippen LogP) is 2.89. The van der Waals surface area contributed by atoms with Crippen molar-refractivity contribution < 1.29 is 5.11 Å². The van der Waals surface area contributed by atoms with Gasteiger partial charge in [0.1, 0.15) is 0 Å². The molecule has 0 radical (unpaired) electrons. The van der Waals surface area contributed by atoms with Crippen LogP contribution in [-0.4, -0.2) is 11.2 Å². The highest BCUT2D eigenvalue weighted by Crippen LogP contribution is 2.37. The number of allylic oxidation sites excluding steroid dienone is 1. The van der Waals surface area contributed by atoms with Gasteiger partial charge < -0.3 is 5.11 Å². The van der Waals surface area contributed by atoms with Gasteiger partial charge in [0.2, 0.25) is 0 Å². The molecule has 0 aromatic heterocycles. The molecule has 0 bridgehead atoms. The van der Waals surface area contributed by atoms with Crippen molar-refractivity contribution in [1.29, 1.82) is 0 Å². The lowest BCUT2D eigenvalue weighted by atomic mass is 9.75. The first kappa shape index (κ1) is 9.79. The van der Waals surface area contributed by atoms with E-state index >= 15 is 0 Å². The molecule has 1 aliphatic carbocycles. The lowest BCUT2D eigenvalue weighted by Gasteiger charge is -2.31. The molecule has 1 N–H and O–H groups in total. The molecule has 1 fully saturated rings. The summed E-state index contributed by atoms with van der Waals surface area (Å²) in [6.07, 6.45) is 6.64. The van der Waals surface area contributed by atoms with Crippen molar-refractivity contribution in [1.82, 2.24) is 0 Å². The molecule has 70 valence electrons. The van der Waals surface area contributed by atoms with Gasteiger partial charge in [-0.1, -0.05) is 25.5 Å². The molecule has 1 unspecified atom stereocenters. The maximum atomic E-state index is 9.16. The smallest absolute Gasteiger partial charge is 0.0695 e. The minimum atomic E-state index is -0.263. The third kappa shape index (κ3) is 2.98. The summed E-state index contributed by atoms with van der Waals surface area (Å²) in [6.45, 7) is 6.48. The molecule has 1 saturated carbocycles. The Bertz CT molecular complexity index is 165. The minimum absolute atomic E-state index is 0.263. The highest BCUT2D eigenvalue weighted by Gasteiger charge is 2.23. The standard InChI is InChI=1S/C11H20O/c1-9(12)8-10-4-6-11(2,3)7-5-10/h8-9,12H,4-7H2,1-3H3. The summed E-state index contributed by atoms with van der Waals surface area (Å²) >= 11 is 0. The van der Waals surface area contributed by atoms with Gasteiger partial charge in [-0.15, -0.1) is 0 Å². The monoisotopic (exact) mass is 168 g/mol. The summed E-state index contributed by atoms with van der Waals surface area (Å²) in [5.41, 5.74) is 1.97. The van der Waals surface area contributed by atoms with Gasteiger partial charge in [-0.3, -0.25) is 0 Å². The van der Waals surface area contributed by atoms with Crippen LogP contribution in [-0.2, 0) is 0 Å². The van der Waals surface area contributed by atoms with Crippen molar-refractivity contribution in [2.45, 2.75) is 52.6 Å². The third-order valence-corrected chi connectivity index (χ3v) is 2.72.